The van der Waals surface area contributed by atoms with Gasteiger partial charge in [-0.1, -0.05) is 17.7 Å². The third kappa shape index (κ3) is 5.03. The number of hydrogen-bond donors (Lipinski definition) is 2. The number of aryl methyl sites for hydroxylation is 1. The lowest BCUT2D eigenvalue weighted by Crippen LogP contribution is -2.48. The van der Waals surface area contributed by atoms with Crippen molar-refractivity contribution in [3.05, 3.63) is 40.9 Å². The molecule has 2 heterocycles. The molecule has 0 bridgehead atoms. The monoisotopic (exact) mass is 373 g/mol. The maximum atomic E-state index is 12.3. The highest BCUT2D eigenvalue weighted by molar-refractivity contribution is 7.13. The van der Waals surface area contributed by atoms with Crippen molar-refractivity contribution in [2.45, 2.75) is 13.3 Å². The van der Waals surface area contributed by atoms with Crippen LogP contribution in [0.3, 0.4) is 0 Å². The summed E-state index contributed by atoms with van der Waals surface area (Å²) in [4.78, 5) is 32.7. The molecule has 2 aromatic rings. The number of piperazine rings is 1. The van der Waals surface area contributed by atoms with Crippen molar-refractivity contribution in [1.29, 1.82) is 0 Å². The topological polar surface area (TPSA) is 77.6 Å². The van der Waals surface area contributed by atoms with E-state index < -0.39 is 0 Å². The first-order valence-electron chi connectivity index (χ1n) is 8.55. The molecule has 3 amide bonds. The Labute approximate surface area is 157 Å². The molecule has 0 radical (unpaired) electrons. The summed E-state index contributed by atoms with van der Waals surface area (Å²) in [6.07, 6.45) is 0.175. The van der Waals surface area contributed by atoms with Gasteiger partial charge in [0.2, 0.25) is 5.91 Å². The second kappa shape index (κ2) is 8.29. The van der Waals surface area contributed by atoms with E-state index in [4.69, 9.17) is 0 Å². The Kier molecular flexibility index (Phi) is 5.85. The summed E-state index contributed by atoms with van der Waals surface area (Å²) < 4.78 is 0. The number of benzene rings is 1. The molecule has 8 heteroatoms. The number of aromatic nitrogens is 1. The third-order valence-electron chi connectivity index (χ3n) is 4.23. The Morgan fingerprint density at radius 3 is 2.50 bits per heavy atom. The molecule has 0 saturated carbocycles. The average molecular weight is 373 g/mol. The number of carbonyl (C=O) groups is 2. The lowest BCUT2D eigenvalue weighted by atomic mass is 10.2. The Morgan fingerprint density at radius 1 is 1.12 bits per heavy atom. The van der Waals surface area contributed by atoms with Crippen molar-refractivity contribution in [3.8, 4) is 0 Å². The maximum Gasteiger partial charge on any atom is 0.323 e. The fraction of sp³-hybridized carbons (Fsp3) is 0.389. The van der Waals surface area contributed by atoms with Gasteiger partial charge in [0.15, 0.2) is 5.13 Å². The third-order valence-corrected chi connectivity index (χ3v) is 5.04. The van der Waals surface area contributed by atoms with Crippen LogP contribution in [-0.2, 0) is 11.2 Å². The van der Waals surface area contributed by atoms with Gasteiger partial charge in [-0.15, -0.1) is 11.3 Å². The number of likely N-dealkylation sites (N-methyl/N-ethyl adjacent to an activating group) is 1. The van der Waals surface area contributed by atoms with Gasteiger partial charge in [-0.05, 0) is 26.1 Å². The van der Waals surface area contributed by atoms with Gasteiger partial charge in [-0.3, -0.25) is 10.1 Å². The second-order valence-electron chi connectivity index (χ2n) is 6.46. The number of anilines is 2. The molecule has 1 saturated heterocycles. The molecule has 1 aromatic heterocycles. The Balaban J connectivity index is 1.50. The van der Waals surface area contributed by atoms with E-state index in [0.717, 1.165) is 24.3 Å². The van der Waals surface area contributed by atoms with Crippen LogP contribution in [0, 0.1) is 6.92 Å². The minimum Gasteiger partial charge on any atom is -0.326 e. The molecule has 0 unspecified atom stereocenters. The maximum absolute atomic E-state index is 12.3. The second-order valence-corrected chi connectivity index (χ2v) is 7.31. The number of hydrogen-bond acceptors (Lipinski definition) is 5. The molecule has 1 aliphatic rings. The molecule has 0 aliphatic carbocycles. The van der Waals surface area contributed by atoms with E-state index in [9.17, 15) is 9.59 Å². The summed E-state index contributed by atoms with van der Waals surface area (Å²) in [5.74, 6) is -0.129. The number of nitrogens with one attached hydrogen (secondary N) is 2. The van der Waals surface area contributed by atoms with E-state index in [-0.39, 0.29) is 18.4 Å². The molecule has 7 nitrogen and oxygen atoms in total. The fourth-order valence-electron chi connectivity index (χ4n) is 2.63. The van der Waals surface area contributed by atoms with Crippen LogP contribution in [0.4, 0.5) is 15.6 Å². The van der Waals surface area contributed by atoms with Crippen LogP contribution in [-0.4, -0.2) is 59.9 Å². The van der Waals surface area contributed by atoms with Crippen molar-refractivity contribution < 1.29 is 9.59 Å². The van der Waals surface area contributed by atoms with E-state index in [1.54, 1.807) is 10.3 Å². The predicted octanol–water partition coefficient (Wildman–Crippen LogP) is 2.41. The minimum atomic E-state index is -0.136. The number of nitrogens with zero attached hydrogens (tertiary/aromatic N) is 3. The minimum absolute atomic E-state index is 0.129. The molecule has 1 aliphatic heterocycles. The van der Waals surface area contributed by atoms with Crippen LogP contribution in [0.1, 0.15) is 11.3 Å². The number of carbonyl (C=O) groups excluding carboxylic acids is 2. The van der Waals surface area contributed by atoms with Crippen molar-refractivity contribution in [2.75, 3.05) is 43.9 Å². The molecule has 3 rings (SSSR count). The normalized spacial score (nSPS) is 14.9. The summed E-state index contributed by atoms with van der Waals surface area (Å²) in [5.41, 5.74) is 2.55. The van der Waals surface area contributed by atoms with Crippen LogP contribution in [0.5, 0.6) is 0 Å². The Bertz CT molecular complexity index is 766. The standard InChI is InChI=1S/C18H23N5O2S/c1-13-3-5-14(6-4-13)19-16(24)11-15-12-26-17(20-15)21-18(25)23-9-7-22(2)8-10-23/h3-6,12H,7-11H2,1-2H3,(H,19,24)(H,20,21,25). The molecular weight excluding hydrogens is 350 g/mol. The van der Waals surface area contributed by atoms with Gasteiger partial charge in [0.25, 0.3) is 0 Å². The quantitative estimate of drug-likeness (QED) is 0.863. The predicted molar refractivity (Wildman–Crippen MR) is 104 cm³/mol. The Hall–Kier alpha value is -2.45. The number of urea groups is 1. The van der Waals surface area contributed by atoms with E-state index in [1.807, 2.05) is 38.2 Å². The lowest BCUT2D eigenvalue weighted by molar-refractivity contribution is -0.115. The van der Waals surface area contributed by atoms with Crippen LogP contribution < -0.4 is 10.6 Å². The zero-order valence-corrected chi connectivity index (χ0v) is 15.8. The smallest absolute Gasteiger partial charge is 0.323 e. The first kappa shape index (κ1) is 18.3. The fourth-order valence-corrected chi connectivity index (χ4v) is 3.33. The van der Waals surface area contributed by atoms with Crippen molar-refractivity contribution in [2.24, 2.45) is 0 Å². The molecular formula is C18H23N5O2S. The lowest BCUT2D eigenvalue weighted by Gasteiger charge is -2.32. The van der Waals surface area contributed by atoms with E-state index in [2.05, 4.69) is 20.5 Å². The number of rotatable bonds is 4. The van der Waals surface area contributed by atoms with Gasteiger partial charge in [0.1, 0.15) is 0 Å². The highest BCUT2D eigenvalue weighted by Gasteiger charge is 2.20. The largest absolute Gasteiger partial charge is 0.326 e. The van der Waals surface area contributed by atoms with Crippen LogP contribution >= 0.6 is 11.3 Å². The first-order valence-corrected chi connectivity index (χ1v) is 9.43. The summed E-state index contributed by atoms with van der Waals surface area (Å²) in [6.45, 7) is 5.16. The molecule has 2 N–H and O–H groups in total. The molecule has 0 atom stereocenters. The Morgan fingerprint density at radius 2 is 1.81 bits per heavy atom. The van der Waals surface area contributed by atoms with Crippen molar-refractivity contribution in [3.63, 3.8) is 0 Å². The van der Waals surface area contributed by atoms with Crippen molar-refractivity contribution in [1.82, 2.24) is 14.8 Å². The van der Waals surface area contributed by atoms with E-state index in [1.165, 1.54) is 11.3 Å². The summed E-state index contributed by atoms with van der Waals surface area (Å²) >= 11 is 1.33. The first-order chi connectivity index (χ1) is 12.5. The summed E-state index contributed by atoms with van der Waals surface area (Å²) in [7, 11) is 2.05. The average Bonchev–Trinajstić information content (AvgIpc) is 3.04. The van der Waals surface area contributed by atoms with E-state index in [0.29, 0.717) is 23.9 Å². The molecule has 0 spiro atoms. The van der Waals surface area contributed by atoms with Crippen LogP contribution in [0.25, 0.3) is 0 Å². The molecule has 26 heavy (non-hydrogen) atoms. The molecule has 138 valence electrons. The van der Waals surface area contributed by atoms with Gasteiger partial charge in [-0.2, -0.15) is 0 Å². The SMILES string of the molecule is Cc1ccc(NC(=O)Cc2csc(NC(=O)N3CCN(C)CC3)n2)cc1. The van der Waals surface area contributed by atoms with Crippen molar-refractivity contribution >= 4 is 34.1 Å². The summed E-state index contributed by atoms with van der Waals surface area (Å²) in [5, 5.41) is 7.99. The van der Waals surface area contributed by atoms with Gasteiger partial charge >= 0.3 is 6.03 Å². The highest BCUT2D eigenvalue weighted by Crippen LogP contribution is 2.17. The molecule has 1 fully saturated rings. The zero-order valence-electron chi connectivity index (χ0n) is 15.0. The van der Waals surface area contributed by atoms with E-state index >= 15 is 0 Å². The summed E-state index contributed by atoms with van der Waals surface area (Å²) in [6, 6.07) is 7.50. The van der Waals surface area contributed by atoms with Gasteiger partial charge in [-0.25, -0.2) is 9.78 Å². The van der Waals surface area contributed by atoms with Gasteiger partial charge < -0.3 is 15.1 Å². The number of thiazole rings is 1. The van der Waals surface area contributed by atoms with Gasteiger partial charge in [0.05, 0.1) is 12.1 Å². The highest BCUT2D eigenvalue weighted by atomic mass is 32.1. The number of amides is 3. The van der Waals surface area contributed by atoms with Gasteiger partial charge in [0, 0.05) is 37.2 Å². The van der Waals surface area contributed by atoms with Crippen LogP contribution in [0.15, 0.2) is 29.6 Å². The molecule has 1 aromatic carbocycles. The van der Waals surface area contributed by atoms with Crippen LogP contribution in [0.2, 0.25) is 0 Å². The zero-order chi connectivity index (χ0) is 18.5.